The van der Waals surface area contributed by atoms with Crippen LogP contribution in [0.1, 0.15) is 5.56 Å². The van der Waals surface area contributed by atoms with Crippen LogP contribution >= 0.6 is 11.3 Å². The molecule has 34 heavy (non-hydrogen) atoms. The van der Waals surface area contributed by atoms with Gasteiger partial charge in [-0.25, -0.2) is 18.4 Å². The van der Waals surface area contributed by atoms with Crippen LogP contribution in [0.3, 0.4) is 0 Å². The summed E-state index contributed by atoms with van der Waals surface area (Å²) in [5.74, 6) is 1.35. The molecule has 1 aliphatic heterocycles. The third-order valence-corrected chi connectivity index (χ3v) is 7.97. The molecule has 4 aromatic rings. The summed E-state index contributed by atoms with van der Waals surface area (Å²) in [6.45, 7) is 2.67. The number of nitrogens with two attached hydrogens (primary N) is 2. The minimum absolute atomic E-state index is 0.283. The van der Waals surface area contributed by atoms with Crippen LogP contribution in [-0.4, -0.2) is 57.2 Å². The maximum absolute atomic E-state index is 12.1. The molecular formula is C24H24N5O3S2+. The van der Waals surface area contributed by atoms with Crippen molar-refractivity contribution in [1.29, 1.82) is 0 Å². The minimum Gasteiger partial charge on any atom is -0.398 e. The van der Waals surface area contributed by atoms with E-state index >= 15 is 0 Å². The molecule has 0 amide bonds. The number of ether oxygens (including phenoxy) is 1. The summed E-state index contributed by atoms with van der Waals surface area (Å²) in [5, 5.41) is 6.79. The van der Waals surface area contributed by atoms with Crippen molar-refractivity contribution in [1.82, 2.24) is 9.97 Å². The van der Waals surface area contributed by atoms with Gasteiger partial charge >= 0.3 is 0 Å². The van der Waals surface area contributed by atoms with Gasteiger partial charge < -0.3 is 15.4 Å². The molecule has 174 valence electrons. The van der Waals surface area contributed by atoms with Crippen LogP contribution in [0.15, 0.2) is 53.4 Å². The van der Waals surface area contributed by atoms with Crippen LogP contribution in [0, 0.1) is 0 Å². The molecule has 0 saturated carbocycles. The fraction of sp³-hybridized carbons (Fsp3) is 0.208. The zero-order chi connectivity index (χ0) is 23.9. The third kappa shape index (κ3) is 4.15. The summed E-state index contributed by atoms with van der Waals surface area (Å²) in [6.07, 6.45) is 2.69. The molecule has 0 radical (unpaired) electrons. The summed E-state index contributed by atoms with van der Waals surface area (Å²) < 4.78 is 29.7. The molecule has 8 nitrogen and oxygen atoms in total. The second kappa shape index (κ2) is 8.79. The van der Waals surface area contributed by atoms with Crippen LogP contribution < -0.4 is 16.0 Å². The summed E-state index contributed by atoms with van der Waals surface area (Å²) in [4.78, 5) is 14.0. The summed E-state index contributed by atoms with van der Waals surface area (Å²) in [7, 11) is -3.32. The molecule has 2 aromatic heterocycles. The first-order chi connectivity index (χ1) is 16.3. The summed E-state index contributed by atoms with van der Waals surface area (Å²) >= 11 is 1.50. The molecule has 2 aromatic carbocycles. The van der Waals surface area contributed by atoms with E-state index in [2.05, 4.69) is 4.90 Å². The molecule has 5 rings (SSSR count). The van der Waals surface area contributed by atoms with Crippen molar-refractivity contribution in [2.24, 2.45) is 0 Å². The van der Waals surface area contributed by atoms with Crippen molar-refractivity contribution in [2.45, 2.75) is 4.90 Å². The van der Waals surface area contributed by atoms with Gasteiger partial charge in [0.15, 0.2) is 21.9 Å². The van der Waals surface area contributed by atoms with Crippen LogP contribution in [-0.2, 0) is 14.6 Å². The van der Waals surface area contributed by atoms with Crippen molar-refractivity contribution >= 4 is 49.1 Å². The fourth-order valence-corrected chi connectivity index (χ4v) is 5.72. The number of sulfone groups is 1. The van der Waals surface area contributed by atoms with Gasteiger partial charge in [0.1, 0.15) is 10.6 Å². The highest BCUT2D eigenvalue weighted by molar-refractivity contribution is 7.90. The lowest BCUT2D eigenvalue weighted by Gasteiger charge is -2.28. The van der Waals surface area contributed by atoms with E-state index in [1.807, 2.05) is 24.3 Å². The Kier molecular flexibility index (Phi) is 5.80. The lowest BCUT2D eigenvalue weighted by atomic mass is 10.1. The Bertz CT molecular complexity index is 1510. The van der Waals surface area contributed by atoms with Gasteiger partial charge in [-0.1, -0.05) is 24.3 Å². The number of rotatable bonds is 5. The topological polar surface area (TPSA) is 124 Å². The Morgan fingerprint density at radius 3 is 2.62 bits per heavy atom. The van der Waals surface area contributed by atoms with Crippen molar-refractivity contribution < 1.29 is 18.6 Å². The SMILES string of the molecule is CS(=O)(=O)c1cccc(-c2cc3c(N4CCOCC4)nc(-c4cccc(N)c4C=[NH2+])nc3s2)c1. The van der Waals surface area contributed by atoms with E-state index in [0.29, 0.717) is 43.4 Å². The molecule has 0 atom stereocenters. The van der Waals surface area contributed by atoms with Crippen LogP contribution in [0.5, 0.6) is 0 Å². The van der Waals surface area contributed by atoms with Gasteiger partial charge in [0.05, 0.1) is 29.1 Å². The van der Waals surface area contributed by atoms with Crippen LogP contribution in [0.2, 0.25) is 0 Å². The number of nitrogens with zero attached hydrogens (tertiary/aromatic N) is 3. The number of hydrogen-bond acceptors (Lipinski definition) is 8. The first-order valence-corrected chi connectivity index (χ1v) is 13.4. The molecule has 1 saturated heterocycles. The second-order valence-corrected chi connectivity index (χ2v) is 11.1. The molecule has 10 heteroatoms. The molecular weight excluding hydrogens is 470 g/mol. The van der Waals surface area contributed by atoms with Gasteiger partial charge in [-0.2, -0.15) is 0 Å². The van der Waals surface area contributed by atoms with Crippen molar-refractivity contribution in [3.05, 3.63) is 54.1 Å². The maximum Gasteiger partial charge on any atom is 0.175 e. The average molecular weight is 495 g/mol. The van der Waals surface area contributed by atoms with E-state index in [1.54, 1.807) is 24.3 Å². The molecule has 1 fully saturated rings. The largest absolute Gasteiger partial charge is 0.398 e. The van der Waals surface area contributed by atoms with Crippen LogP contribution in [0.4, 0.5) is 11.5 Å². The Hall–Kier alpha value is -3.34. The molecule has 0 spiro atoms. The van der Waals surface area contributed by atoms with Gasteiger partial charge in [-0.15, -0.1) is 11.3 Å². The summed E-state index contributed by atoms with van der Waals surface area (Å²) in [5.41, 5.74) is 8.97. The standard InChI is InChI=1S/C24H23N5O3S2/c1-34(30,31)16-5-2-4-15(12-16)21-13-18-23(29-8-10-32-11-9-29)27-22(28-24(18)33-21)17-6-3-7-20(26)19(17)14-25/h2-7,12-14,25H,8-11,26H2,1H3/p+1. The molecule has 3 heterocycles. The van der Waals surface area contributed by atoms with E-state index in [1.165, 1.54) is 23.8 Å². The Labute approximate surface area is 201 Å². The second-order valence-electron chi connectivity index (χ2n) is 8.07. The average Bonchev–Trinajstić information content (AvgIpc) is 3.28. The van der Waals surface area contributed by atoms with E-state index < -0.39 is 9.84 Å². The van der Waals surface area contributed by atoms with E-state index in [-0.39, 0.29) is 4.90 Å². The van der Waals surface area contributed by atoms with Crippen LogP contribution in [0.25, 0.3) is 32.0 Å². The molecule has 0 unspecified atom stereocenters. The Balaban J connectivity index is 1.72. The Morgan fingerprint density at radius 2 is 1.88 bits per heavy atom. The third-order valence-electron chi connectivity index (χ3n) is 5.78. The van der Waals surface area contributed by atoms with Crippen molar-refractivity contribution in [2.75, 3.05) is 43.2 Å². The molecule has 1 aliphatic rings. The number of thiophene rings is 1. The number of morpholine rings is 1. The predicted molar refractivity (Wildman–Crippen MR) is 136 cm³/mol. The number of aromatic nitrogens is 2. The van der Waals surface area contributed by atoms with E-state index in [4.69, 9.17) is 25.8 Å². The zero-order valence-electron chi connectivity index (χ0n) is 18.6. The quantitative estimate of drug-likeness (QED) is 0.321. The van der Waals surface area contributed by atoms with Gasteiger partial charge in [0, 0.05) is 35.5 Å². The van der Waals surface area contributed by atoms with E-state index in [0.717, 1.165) is 32.0 Å². The number of fused-ring (bicyclic) bond motifs is 1. The molecule has 4 N–H and O–H groups in total. The van der Waals surface area contributed by atoms with Gasteiger partial charge in [0.25, 0.3) is 0 Å². The maximum atomic E-state index is 12.1. The normalized spacial score (nSPS) is 14.4. The lowest BCUT2D eigenvalue weighted by Crippen LogP contribution is -2.37. The number of nitrogen functional groups attached to an aromatic ring is 1. The molecule has 0 aliphatic carbocycles. The Morgan fingerprint density at radius 1 is 1.12 bits per heavy atom. The lowest BCUT2D eigenvalue weighted by molar-refractivity contribution is -0.104. The highest BCUT2D eigenvalue weighted by Gasteiger charge is 2.22. The van der Waals surface area contributed by atoms with Gasteiger partial charge in [0.2, 0.25) is 0 Å². The zero-order valence-corrected chi connectivity index (χ0v) is 20.2. The monoisotopic (exact) mass is 494 g/mol. The first kappa shape index (κ1) is 22.5. The number of anilines is 2. The molecule has 0 bridgehead atoms. The smallest absolute Gasteiger partial charge is 0.175 e. The predicted octanol–water partition coefficient (Wildman–Crippen LogP) is 2.03. The minimum atomic E-state index is -3.32. The summed E-state index contributed by atoms with van der Waals surface area (Å²) in [6, 6.07) is 14.6. The van der Waals surface area contributed by atoms with Gasteiger partial charge in [-0.3, -0.25) is 5.41 Å². The highest BCUT2D eigenvalue weighted by Crippen LogP contribution is 2.39. The van der Waals surface area contributed by atoms with E-state index in [9.17, 15) is 8.42 Å². The fourth-order valence-electron chi connectivity index (χ4n) is 4.03. The van der Waals surface area contributed by atoms with Gasteiger partial charge in [-0.05, 0) is 29.8 Å². The van der Waals surface area contributed by atoms with Crippen molar-refractivity contribution in [3.8, 4) is 21.8 Å². The first-order valence-electron chi connectivity index (χ1n) is 10.7. The number of benzene rings is 2. The number of hydrogen-bond donors (Lipinski definition) is 2. The highest BCUT2D eigenvalue weighted by atomic mass is 32.2. The van der Waals surface area contributed by atoms with Crippen molar-refractivity contribution in [3.63, 3.8) is 0 Å².